The summed E-state index contributed by atoms with van der Waals surface area (Å²) in [6, 6.07) is 3.95. The highest BCUT2D eigenvalue weighted by atomic mass is 32.2. The summed E-state index contributed by atoms with van der Waals surface area (Å²) in [7, 11) is -3.31. The van der Waals surface area contributed by atoms with E-state index < -0.39 is 10.0 Å². The van der Waals surface area contributed by atoms with Gasteiger partial charge in [0.2, 0.25) is 10.0 Å². The van der Waals surface area contributed by atoms with Crippen molar-refractivity contribution in [3.63, 3.8) is 0 Å². The predicted molar refractivity (Wildman–Crippen MR) is 72.3 cm³/mol. The van der Waals surface area contributed by atoms with Gasteiger partial charge in [0.15, 0.2) is 0 Å². The van der Waals surface area contributed by atoms with Crippen LogP contribution in [0, 0.1) is 0 Å². The third-order valence-electron chi connectivity index (χ3n) is 3.92. The van der Waals surface area contributed by atoms with Gasteiger partial charge in [-0.05, 0) is 37.3 Å². The van der Waals surface area contributed by atoms with Crippen LogP contribution >= 0.6 is 11.3 Å². The second kappa shape index (κ2) is 4.92. The minimum absolute atomic E-state index is 0.0948. The van der Waals surface area contributed by atoms with Gasteiger partial charge in [-0.3, -0.25) is 4.90 Å². The van der Waals surface area contributed by atoms with E-state index in [0.29, 0.717) is 10.3 Å². The van der Waals surface area contributed by atoms with E-state index in [4.69, 9.17) is 0 Å². The predicted octanol–water partition coefficient (Wildman–Crippen LogP) is 1.65. The zero-order valence-corrected chi connectivity index (χ0v) is 11.8. The van der Waals surface area contributed by atoms with E-state index in [0.717, 1.165) is 25.9 Å². The van der Waals surface area contributed by atoms with Crippen molar-refractivity contribution in [1.29, 1.82) is 0 Å². The molecule has 2 fully saturated rings. The van der Waals surface area contributed by atoms with Crippen LogP contribution in [0.4, 0.5) is 0 Å². The van der Waals surface area contributed by atoms with Crippen molar-refractivity contribution in [2.45, 2.75) is 42.0 Å². The molecule has 6 heteroatoms. The quantitative estimate of drug-likeness (QED) is 0.919. The minimum Gasteiger partial charge on any atom is -0.299 e. The molecule has 0 unspecified atom stereocenters. The van der Waals surface area contributed by atoms with Crippen LogP contribution in [-0.2, 0) is 10.0 Å². The molecule has 2 atom stereocenters. The van der Waals surface area contributed by atoms with E-state index in [2.05, 4.69) is 9.62 Å². The fraction of sp³-hybridized carbons (Fsp3) is 0.667. The van der Waals surface area contributed by atoms with Crippen LogP contribution in [0.15, 0.2) is 21.7 Å². The molecule has 1 aromatic heterocycles. The molecule has 2 saturated heterocycles. The lowest BCUT2D eigenvalue weighted by Gasteiger charge is -2.32. The average molecular weight is 286 g/mol. The topological polar surface area (TPSA) is 49.4 Å². The zero-order chi connectivity index (χ0) is 12.6. The molecule has 4 nitrogen and oxygen atoms in total. The van der Waals surface area contributed by atoms with Crippen LogP contribution in [0.25, 0.3) is 0 Å². The highest BCUT2D eigenvalue weighted by molar-refractivity contribution is 7.91. The lowest BCUT2D eigenvalue weighted by atomic mass is 10.00. The Kier molecular flexibility index (Phi) is 3.44. The molecule has 0 bridgehead atoms. The second-order valence-electron chi connectivity index (χ2n) is 5.05. The van der Waals surface area contributed by atoms with Crippen LogP contribution in [0.1, 0.15) is 25.7 Å². The Hall–Kier alpha value is -0.430. The molecule has 3 heterocycles. The number of rotatable bonds is 3. The molecule has 100 valence electrons. The number of piperidine rings is 1. The smallest absolute Gasteiger partial charge is 0.250 e. The van der Waals surface area contributed by atoms with Gasteiger partial charge in [0.1, 0.15) is 4.21 Å². The third kappa shape index (κ3) is 2.34. The van der Waals surface area contributed by atoms with Crippen LogP contribution < -0.4 is 4.72 Å². The summed E-state index contributed by atoms with van der Waals surface area (Å²) in [5, 5.41) is 1.80. The number of thiophene rings is 1. The second-order valence-corrected chi connectivity index (χ2v) is 7.94. The van der Waals surface area contributed by atoms with Gasteiger partial charge in [-0.25, -0.2) is 13.1 Å². The monoisotopic (exact) mass is 286 g/mol. The number of sulfonamides is 1. The Morgan fingerprint density at radius 1 is 1.28 bits per heavy atom. The van der Waals surface area contributed by atoms with E-state index in [1.54, 1.807) is 17.5 Å². The molecule has 0 saturated carbocycles. The summed E-state index contributed by atoms with van der Waals surface area (Å²) in [5.41, 5.74) is 0. The van der Waals surface area contributed by atoms with E-state index in [1.165, 1.54) is 24.2 Å². The Morgan fingerprint density at radius 3 is 2.94 bits per heavy atom. The SMILES string of the molecule is O=S(=O)(N[C@@H]1CCN2CCCC[C@@H]12)c1cccs1. The lowest BCUT2D eigenvalue weighted by Crippen LogP contribution is -2.46. The Balaban J connectivity index is 1.73. The van der Waals surface area contributed by atoms with Crippen molar-refractivity contribution >= 4 is 21.4 Å². The highest BCUT2D eigenvalue weighted by Crippen LogP contribution is 2.28. The zero-order valence-electron chi connectivity index (χ0n) is 10.2. The molecule has 0 radical (unpaired) electrons. The normalized spacial score (nSPS) is 29.3. The summed E-state index contributed by atoms with van der Waals surface area (Å²) in [4.78, 5) is 2.44. The molecule has 1 aromatic rings. The van der Waals surface area contributed by atoms with E-state index in [-0.39, 0.29) is 6.04 Å². The van der Waals surface area contributed by atoms with E-state index >= 15 is 0 Å². The van der Waals surface area contributed by atoms with Gasteiger partial charge < -0.3 is 0 Å². The Bertz CT molecular complexity index is 498. The first kappa shape index (κ1) is 12.6. The van der Waals surface area contributed by atoms with Crippen molar-refractivity contribution in [2.24, 2.45) is 0 Å². The number of nitrogens with zero attached hydrogens (tertiary/aromatic N) is 1. The largest absolute Gasteiger partial charge is 0.299 e. The number of hydrogen-bond acceptors (Lipinski definition) is 4. The third-order valence-corrected chi connectivity index (χ3v) is 6.81. The molecular weight excluding hydrogens is 268 g/mol. The molecule has 3 rings (SSSR count). The molecule has 0 amide bonds. The van der Waals surface area contributed by atoms with E-state index in [9.17, 15) is 8.42 Å². The van der Waals surface area contributed by atoms with Crippen molar-refractivity contribution in [3.8, 4) is 0 Å². The first-order valence-electron chi connectivity index (χ1n) is 6.47. The fourth-order valence-corrected chi connectivity index (χ4v) is 5.37. The van der Waals surface area contributed by atoms with Gasteiger partial charge in [-0.15, -0.1) is 11.3 Å². The summed E-state index contributed by atoms with van der Waals surface area (Å²) in [6.07, 6.45) is 4.53. The highest BCUT2D eigenvalue weighted by Gasteiger charge is 2.37. The molecule has 0 spiro atoms. The number of hydrogen-bond donors (Lipinski definition) is 1. The van der Waals surface area contributed by atoms with Crippen LogP contribution in [0.5, 0.6) is 0 Å². The first-order valence-corrected chi connectivity index (χ1v) is 8.83. The average Bonchev–Trinajstić information content (AvgIpc) is 2.99. The Labute approximate surface area is 112 Å². The molecule has 1 N–H and O–H groups in total. The summed E-state index contributed by atoms with van der Waals surface area (Å²) >= 11 is 1.28. The van der Waals surface area contributed by atoms with E-state index in [1.807, 2.05) is 0 Å². The van der Waals surface area contributed by atoms with Crippen LogP contribution in [-0.4, -0.2) is 38.5 Å². The summed E-state index contributed by atoms with van der Waals surface area (Å²) < 4.78 is 27.7. The fourth-order valence-electron chi connectivity index (χ4n) is 3.06. The molecule has 2 aliphatic rings. The van der Waals surface area contributed by atoms with Crippen molar-refractivity contribution in [1.82, 2.24) is 9.62 Å². The van der Waals surface area contributed by atoms with Gasteiger partial charge in [0.25, 0.3) is 0 Å². The van der Waals surface area contributed by atoms with Crippen LogP contribution in [0.2, 0.25) is 0 Å². The molecule has 2 aliphatic heterocycles. The van der Waals surface area contributed by atoms with Crippen molar-refractivity contribution in [2.75, 3.05) is 13.1 Å². The maximum Gasteiger partial charge on any atom is 0.250 e. The Morgan fingerprint density at radius 2 is 2.17 bits per heavy atom. The molecule has 0 aliphatic carbocycles. The molecular formula is C12H18N2O2S2. The lowest BCUT2D eigenvalue weighted by molar-refractivity contribution is 0.186. The van der Waals surface area contributed by atoms with Crippen LogP contribution in [0.3, 0.4) is 0 Å². The molecule has 18 heavy (non-hydrogen) atoms. The molecule has 0 aromatic carbocycles. The van der Waals surface area contributed by atoms with Gasteiger partial charge in [-0.1, -0.05) is 12.5 Å². The first-order chi connectivity index (χ1) is 8.67. The standard InChI is InChI=1S/C12H18N2O2S2/c15-18(16,12-5-3-9-17-12)13-10-6-8-14-7-2-1-4-11(10)14/h3,5,9-11,13H,1-2,4,6-8H2/t10-,11+/m1/s1. The summed E-state index contributed by atoms with van der Waals surface area (Å²) in [5.74, 6) is 0. The maximum absolute atomic E-state index is 12.2. The van der Waals surface area contributed by atoms with Gasteiger partial charge >= 0.3 is 0 Å². The van der Waals surface area contributed by atoms with Crippen molar-refractivity contribution in [3.05, 3.63) is 17.5 Å². The van der Waals surface area contributed by atoms with Gasteiger partial charge in [0, 0.05) is 18.6 Å². The maximum atomic E-state index is 12.2. The minimum atomic E-state index is -3.31. The van der Waals surface area contributed by atoms with Gasteiger partial charge in [-0.2, -0.15) is 0 Å². The summed E-state index contributed by atoms with van der Waals surface area (Å²) in [6.45, 7) is 2.16. The van der Waals surface area contributed by atoms with Gasteiger partial charge in [0.05, 0.1) is 0 Å². The number of nitrogens with one attached hydrogen (secondary N) is 1. The van der Waals surface area contributed by atoms with Crippen molar-refractivity contribution < 1.29 is 8.42 Å². The number of fused-ring (bicyclic) bond motifs is 1.